The first kappa shape index (κ1) is 75.1. The standard InChI is InChI=1S/C50H71N13O12.C19H24N2/c1-5-28(4)41(47(72)59-36(23-31-25-54-26-56-31)48(73)63-20-10-14-38(63)45(70)60-37(49(74)75)22-29-11-7-6-8-12-29)62-44(69)35(21-30-15-17-32(64)18-16-30)58-46(71)40(27(2)3)61-43(68)34(13-9-19-55-50(52)53)57-42(67)33(51)24-39(65)66;1-20(2)14-7-15-21-18-10-5-3-8-16(18)12-13-17-9-4-6-11-19(17)21/h6-8,11-12,15-18,25-28,33-38,40-41,64H,5,9-10,13-14,19-24,51H2,1-4H3,(H,54,56)(H,57,67)(H,58,71)(H,59,72)(H,60,70)(H,61,68)(H,62,69)(H,65,66)(H,74,75)(H4,52,53,55);3-6,8-11H,7,12-15H2,1-2H3/t28-,33-,34-,35-,36-,37-,38-,40-,41-;/m0./s1. The Morgan fingerprint density at radius 2 is 1.26 bits per heavy atom. The zero-order chi connectivity index (χ0) is 70.0. The van der Waals surface area contributed by atoms with E-state index in [1.54, 1.807) is 58.0 Å². The molecule has 0 saturated carbocycles. The number of H-pyrrole nitrogens is 1. The second kappa shape index (κ2) is 37.3. The van der Waals surface area contributed by atoms with Crippen LogP contribution in [0.25, 0.3) is 0 Å². The predicted octanol–water partition coefficient (Wildman–Crippen LogP) is 2.77. The minimum absolute atomic E-state index is 0.00272. The van der Waals surface area contributed by atoms with Crippen molar-refractivity contribution in [1.82, 2.24) is 57.0 Å². The first-order chi connectivity index (χ1) is 45.8. The molecule has 518 valence electrons. The number of fused-ring (bicyclic) bond motifs is 2. The second-order valence-electron chi connectivity index (χ2n) is 25.0. The van der Waals surface area contributed by atoms with Crippen LogP contribution >= 0.6 is 0 Å². The monoisotopic (exact) mass is 1330 g/mol. The third-order valence-electron chi connectivity index (χ3n) is 16.9. The van der Waals surface area contributed by atoms with Gasteiger partial charge in [-0.3, -0.25) is 43.8 Å². The lowest BCUT2D eigenvalue weighted by atomic mass is 9.96. The lowest BCUT2D eigenvalue weighted by Crippen LogP contribution is -2.62. The van der Waals surface area contributed by atoms with Crippen LogP contribution < -0.4 is 53.6 Å². The van der Waals surface area contributed by atoms with E-state index >= 15 is 0 Å². The first-order valence-electron chi connectivity index (χ1n) is 32.6. The van der Waals surface area contributed by atoms with Crippen LogP contribution in [0.3, 0.4) is 0 Å². The van der Waals surface area contributed by atoms with E-state index in [1.807, 2.05) is 0 Å². The maximum absolute atomic E-state index is 14.6. The number of rotatable bonds is 33. The molecule has 7 amide bonds. The smallest absolute Gasteiger partial charge is 0.326 e. The van der Waals surface area contributed by atoms with E-state index in [9.17, 15) is 53.4 Å². The Balaban J connectivity index is 0.000000580. The number of aliphatic carboxylic acids is 2. The number of phenolic OH excluding ortho intramolecular Hbond substituents is 1. The number of aromatic hydroxyl groups is 1. The summed E-state index contributed by atoms with van der Waals surface area (Å²) in [4.78, 5) is 135. The molecular formula is C69H95N15O12. The second-order valence-corrected chi connectivity index (χ2v) is 25.0. The van der Waals surface area contributed by atoms with Gasteiger partial charge in [-0.15, -0.1) is 0 Å². The van der Waals surface area contributed by atoms with Crippen molar-refractivity contribution in [2.45, 2.75) is 153 Å². The van der Waals surface area contributed by atoms with Crippen LogP contribution in [-0.2, 0) is 75.3 Å². The maximum Gasteiger partial charge on any atom is 0.326 e. The van der Waals surface area contributed by atoms with Crippen LogP contribution in [0.2, 0.25) is 0 Å². The van der Waals surface area contributed by atoms with Crippen molar-refractivity contribution in [3.63, 3.8) is 0 Å². The molecule has 0 unspecified atom stereocenters. The number of hydrogen-bond acceptors (Lipinski definition) is 15. The Labute approximate surface area is 560 Å². The summed E-state index contributed by atoms with van der Waals surface area (Å²) in [5.74, 6) is -9.79. The van der Waals surface area contributed by atoms with Gasteiger partial charge in [-0.2, -0.15) is 0 Å². The number of aromatic nitrogens is 2. The van der Waals surface area contributed by atoms with Gasteiger partial charge in [0.2, 0.25) is 41.4 Å². The number of nitrogens with zero attached hydrogens (tertiary/aromatic N) is 4. The van der Waals surface area contributed by atoms with Crippen molar-refractivity contribution < 1.29 is 58.5 Å². The molecule has 1 fully saturated rings. The number of para-hydroxylation sites is 2. The van der Waals surface area contributed by atoms with Crippen LogP contribution in [-0.4, -0.2) is 183 Å². The number of phenols is 1. The van der Waals surface area contributed by atoms with E-state index in [0.29, 0.717) is 29.7 Å². The third kappa shape index (κ3) is 22.9. The van der Waals surface area contributed by atoms with Crippen molar-refractivity contribution in [3.8, 4) is 5.75 Å². The summed E-state index contributed by atoms with van der Waals surface area (Å²) in [5, 5.41) is 55.1. The van der Waals surface area contributed by atoms with Gasteiger partial charge in [-0.05, 0) is 124 Å². The zero-order valence-electron chi connectivity index (χ0n) is 55.5. The van der Waals surface area contributed by atoms with Crippen LogP contribution in [0.4, 0.5) is 11.4 Å². The number of aryl methyl sites for hydroxylation is 2. The van der Waals surface area contributed by atoms with Gasteiger partial charge in [0.1, 0.15) is 48.0 Å². The van der Waals surface area contributed by atoms with Crippen molar-refractivity contribution >= 4 is 70.6 Å². The van der Waals surface area contributed by atoms with Crippen molar-refractivity contribution in [2.24, 2.45) is 23.3 Å². The molecular weight excluding hydrogens is 1230 g/mol. The average molecular weight is 1330 g/mol. The summed E-state index contributed by atoms with van der Waals surface area (Å²) < 4.78 is 0. The minimum atomic E-state index is -1.51. The lowest BCUT2D eigenvalue weighted by Gasteiger charge is -2.32. The van der Waals surface area contributed by atoms with Crippen LogP contribution in [0.15, 0.2) is 116 Å². The van der Waals surface area contributed by atoms with Gasteiger partial charge in [0.25, 0.3) is 0 Å². The highest BCUT2D eigenvalue weighted by molar-refractivity contribution is 5.98. The number of guanidine groups is 1. The molecule has 5 aromatic rings. The van der Waals surface area contributed by atoms with Crippen LogP contribution in [0.1, 0.15) is 101 Å². The highest BCUT2D eigenvalue weighted by Crippen LogP contribution is 2.36. The summed E-state index contributed by atoms with van der Waals surface area (Å²) in [7, 11) is 4.29. The Hall–Kier alpha value is -9.89. The molecule has 1 aromatic heterocycles. The van der Waals surface area contributed by atoms with Crippen LogP contribution in [0, 0.1) is 17.2 Å². The summed E-state index contributed by atoms with van der Waals surface area (Å²) in [6.45, 7) is 9.16. The van der Waals surface area contributed by atoms with E-state index < -0.39 is 120 Å². The molecule has 9 atom stereocenters. The number of nitrogens with one attached hydrogen (secondary N) is 9. The fraction of sp³-hybridized carbons (Fsp3) is 0.464. The average Bonchev–Trinajstić information content (AvgIpc) is 1.66. The maximum atomic E-state index is 14.6. The molecule has 2 aliphatic rings. The molecule has 4 aromatic carbocycles. The Kier molecular flexibility index (Phi) is 29.2. The molecule has 3 heterocycles. The topological polar surface area (TPSA) is 413 Å². The van der Waals surface area contributed by atoms with Gasteiger partial charge in [0, 0.05) is 62.2 Å². The Bertz CT molecular complexity index is 3360. The molecule has 27 nitrogen and oxygen atoms in total. The number of likely N-dealkylation sites (tertiary alicyclic amines) is 1. The highest BCUT2D eigenvalue weighted by atomic mass is 16.4. The molecule has 1 saturated heterocycles. The molecule has 2 aliphatic heterocycles. The molecule has 16 N–H and O–H groups in total. The number of amides is 7. The largest absolute Gasteiger partial charge is 0.508 e. The van der Waals surface area contributed by atoms with E-state index in [2.05, 4.69) is 120 Å². The first-order valence-corrected chi connectivity index (χ1v) is 32.6. The van der Waals surface area contributed by atoms with Gasteiger partial charge >= 0.3 is 11.9 Å². The van der Waals surface area contributed by atoms with Crippen molar-refractivity contribution in [2.75, 3.05) is 45.2 Å². The van der Waals surface area contributed by atoms with Gasteiger partial charge in [-0.1, -0.05) is 113 Å². The molecule has 7 rings (SSSR count). The molecule has 0 bridgehead atoms. The fourth-order valence-electron chi connectivity index (χ4n) is 11.5. The van der Waals surface area contributed by atoms with Crippen molar-refractivity contribution in [1.29, 1.82) is 5.41 Å². The minimum Gasteiger partial charge on any atom is -0.508 e. The molecule has 0 radical (unpaired) electrons. The highest BCUT2D eigenvalue weighted by Gasteiger charge is 2.41. The number of carbonyl (C=O) groups is 9. The third-order valence-corrected chi connectivity index (χ3v) is 16.9. The normalized spacial score (nSPS) is 15.8. The fourth-order valence-corrected chi connectivity index (χ4v) is 11.5. The number of nitrogens with two attached hydrogens (primary N) is 2. The number of carbonyl (C=O) groups excluding carboxylic acids is 7. The number of imidazole rings is 1. The lowest BCUT2D eigenvalue weighted by molar-refractivity contribution is -0.145. The van der Waals surface area contributed by atoms with E-state index in [-0.39, 0.29) is 63.3 Å². The number of anilines is 2. The number of hydrogen-bond donors (Lipinski definition) is 14. The van der Waals surface area contributed by atoms with Gasteiger partial charge < -0.3 is 83.7 Å². The predicted molar refractivity (Wildman–Crippen MR) is 362 cm³/mol. The van der Waals surface area contributed by atoms with E-state index in [4.69, 9.17) is 22.0 Å². The quantitative estimate of drug-likeness (QED) is 0.0163. The van der Waals surface area contributed by atoms with E-state index in [0.717, 1.165) is 25.9 Å². The van der Waals surface area contributed by atoms with Gasteiger partial charge in [0.15, 0.2) is 5.96 Å². The molecule has 96 heavy (non-hydrogen) atoms. The summed E-state index contributed by atoms with van der Waals surface area (Å²) in [6.07, 6.45) is 6.38. The summed E-state index contributed by atoms with van der Waals surface area (Å²) in [5.41, 5.74) is 18.5. The van der Waals surface area contributed by atoms with E-state index in [1.165, 1.54) is 70.6 Å². The molecule has 27 heteroatoms. The number of aromatic amines is 1. The molecule has 0 aliphatic carbocycles. The number of benzene rings is 4. The van der Waals surface area contributed by atoms with Gasteiger partial charge in [-0.25, -0.2) is 9.78 Å². The Morgan fingerprint density at radius 3 is 1.84 bits per heavy atom. The SMILES string of the molecule is CC[C@H](C)[C@H](NC(=O)[C@H](Cc1ccc(O)cc1)NC(=O)[C@@H](NC(=O)[C@H](CCCNC(=N)N)NC(=O)[C@@H](N)CC(=O)O)C(C)C)C(=O)N[C@@H](Cc1cnc[nH]1)C(=O)N1CCC[C@H]1C(=O)N[C@@H](Cc1ccccc1)C(=O)O.CN(C)CCCN1c2ccccc2CCc2ccccc21. The number of carboxylic acid groups (broad SMARTS) is 2. The number of carboxylic acids is 2. The van der Waals surface area contributed by atoms with Crippen molar-refractivity contribution in [3.05, 3.63) is 144 Å². The molecule has 0 spiro atoms. The summed E-state index contributed by atoms with van der Waals surface area (Å²) in [6, 6.07) is 21.7. The summed E-state index contributed by atoms with van der Waals surface area (Å²) >= 11 is 0. The van der Waals surface area contributed by atoms with Gasteiger partial charge in [0.05, 0.1) is 18.8 Å². The van der Waals surface area contributed by atoms with Crippen LogP contribution in [0.5, 0.6) is 5.75 Å². The Morgan fingerprint density at radius 1 is 0.688 bits per heavy atom. The zero-order valence-corrected chi connectivity index (χ0v) is 55.5.